The van der Waals surface area contributed by atoms with Crippen LogP contribution in [0.5, 0.6) is 11.5 Å². The van der Waals surface area contributed by atoms with Crippen LogP contribution in [0.2, 0.25) is 0 Å². The maximum atomic E-state index is 12.0. The number of hydrogen-bond donors (Lipinski definition) is 1. The number of ether oxygens (including phenoxy) is 2. The second-order valence-electron chi connectivity index (χ2n) is 5.78. The van der Waals surface area contributed by atoms with Crippen molar-refractivity contribution in [1.29, 1.82) is 0 Å². The molecule has 8 heteroatoms. The van der Waals surface area contributed by atoms with Gasteiger partial charge in [0.25, 0.3) is 5.56 Å². The average Bonchev–Trinajstić information content (AvgIpc) is 2.99. The Morgan fingerprint density at radius 1 is 1.19 bits per heavy atom. The van der Waals surface area contributed by atoms with E-state index < -0.39 is 0 Å². The molecular formula is C18H22N4O3S. The number of aryl methyl sites for hydroxylation is 1. The predicted octanol–water partition coefficient (Wildman–Crippen LogP) is 3.43. The van der Waals surface area contributed by atoms with Crippen molar-refractivity contribution in [3.63, 3.8) is 0 Å². The van der Waals surface area contributed by atoms with Crippen LogP contribution in [0.3, 0.4) is 0 Å². The molecule has 0 aliphatic heterocycles. The van der Waals surface area contributed by atoms with Gasteiger partial charge < -0.3 is 14.8 Å². The van der Waals surface area contributed by atoms with E-state index in [0.29, 0.717) is 29.0 Å². The summed E-state index contributed by atoms with van der Waals surface area (Å²) in [5, 5.41) is 8.28. The molecule has 0 aliphatic carbocycles. The fourth-order valence-corrected chi connectivity index (χ4v) is 3.52. The molecule has 2 aromatic heterocycles. The Morgan fingerprint density at radius 3 is 2.65 bits per heavy atom. The minimum atomic E-state index is -0.177. The first-order valence-electron chi connectivity index (χ1n) is 8.55. The third-order valence-electron chi connectivity index (χ3n) is 3.78. The van der Waals surface area contributed by atoms with Crippen LogP contribution in [0.4, 0.5) is 5.13 Å². The first-order valence-corrected chi connectivity index (χ1v) is 9.37. The molecule has 3 aromatic rings. The van der Waals surface area contributed by atoms with E-state index in [2.05, 4.69) is 15.4 Å². The normalized spacial score (nSPS) is 12.2. The van der Waals surface area contributed by atoms with Crippen molar-refractivity contribution in [3.8, 4) is 11.5 Å². The van der Waals surface area contributed by atoms with Gasteiger partial charge in [-0.15, -0.1) is 5.10 Å². The van der Waals surface area contributed by atoms with Crippen LogP contribution >= 0.6 is 11.3 Å². The van der Waals surface area contributed by atoms with Crippen molar-refractivity contribution in [2.75, 3.05) is 18.5 Å². The van der Waals surface area contributed by atoms with Gasteiger partial charge in [-0.1, -0.05) is 17.4 Å². The molecule has 2 heterocycles. The Labute approximate surface area is 155 Å². The van der Waals surface area contributed by atoms with Gasteiger partial charge in [0.15, 0.2) is 11.5 Å². The van der Waals surface area contributed by atoms with Gasteiger partial charge in [-0.3, -0.25) is 4.79 Å². The lowest BCUT2D eigenvalue weighted by atomic mass is 10.1. The summed E-state index contributed by atoms with van der Waals surface area (Å²) in [5.41, 5.74) is 1.54. The van der Waals surface area contributed by atoms with E-state index in [1.807, 2.05) is 39.0 Å². The summed E-state index contributed by atoms with van der Waals surface area (Å²) >= 11 is 1.35. The lowest BCUT2D eigenvalue weighted by Gasteiger charge is -2.16. The second-order valence-corrected chi connectivity index (χ2v) is 6.73. The Balaban J connectivity index is 1.85. The monoisotopic (exact) mass is 374 g/mol. The molecule has 3 rings (SSSR count). The van der Waals surface area contributed by atoms with E-state index in [1.54, 1.807) is 6.92 Å². The van der Waals surface area contributed by atoms with E-state index in [-0.39, 0.29) is 11.6 Å². The Hall–Kier alpha value is -2.61. The number of fused-ring (bicyclic) bond motifs is 1. The van der Waals surface area contributed by atoms with Gasteiger partial charge >= 0.3 is 0 Å². The molecular weight excluding hydrogens is 352 g/mol. The number of aromatic nitrogens is 3. The van der Waals surface area contributed by atoms with Crippen molar-refractivity contribution in [2.24, 2.45) is 0 Å². The molecule has 0 radical (unpaired) electrons. The molecule has 0 fully saturated rings. The minimum Gasteiger partial charge on any atom is -0.490 e. The fourth-order valence-electron chi connectivity index (χ4n) is 2.58. The van der Waals surface area contributed by atoms with Crippen LogP contribution in [0.25, 0.3) is 4.96 Å². The average molecular weight is 374 g/mol. The fraction of sp³-hybridized carbons (Fsp3) is 0.389. The number of nitrogens with zero attached hydrogens (tertiary/aromatic N) is 3. The largest absolute Gasteiger partial charge is 0.490 e. The molecule has 1 unspecified atom stereocenters. The van der Waals surface area contributed by atoms with Gasteiger partial charge in [0.1, 0.15) is 0 Å². The van der Waals surface area contributed by atoms with Gasteiger partial charge in [-0.25, -0.2) is 4.98 Å². The first-order chi connectivity index (χ1) is 12.5. The zero-order valence-corrected chi connectivity index (χ0v) is 16.1. The van der Waals surface area contributed by atoms with Crippen LogP contribution in [-0.2, 0) is 0 Å². The van der Waals surface area contributed by atoms with Crippen LogP contribution < -0.4 is 20.3 Å². The summed E-state index contributed by atoms with van der Waals surface area (Å²) in [6.07, 6.45) is 0. The summed E-state index contributed by atoms with van der Waals surface area (Å²) in [5.74, 6) is 1.45. The summed E-state index contributed by atoms with van der Waals surface area (Å²) in [6, 6.07) is 7.32. The summed E-state index contributed by atoms with van der Waals surface area (Å²) in [7, 11) is 0. The van der Waals surface area contributed by atoms with Gasteiger partial charge in [0.2, 0.25) is 10.1 Å². The maximum absolute atomic E-state index is 12.0. The summed E-state index contributed by atoms with van der Waals surface area (Å²) in [4.78, 5) is 16.9. The predicted molar refractivity (Wildman–Crippen MR) is 103 cm³/mol. The molecule has 0 saturated heterocycles. The highest BCUT2D eigenvalue weighted by Crippen LogP contribution is 2.32. The van der Waals surface area contributed by atoms with Crippen LogP contribution in [-0.4, -0.2) is 27.8 Å². The number of anilines is 1. The zero-order valence-electron chi connectivity index (χ0n) is 15.3. The molecule has 0 aliphatic rings. The molecule has 138 valence electrons. The minimum absolute atomic E-state index is 0.0257. The molecule has 7 nitrogen and oxygen atoms in total. The number of hydrogen-bond acceptors (Lipinski definition) is 7. The molecule has 1 aromatic carbocycles. The van der Waals surface area contributed by atoms with Crippen molar-refractivity contribution in [2.45, 2.75) is 33.7 Å². The highest BCUT2D eigenvalue weighted by atomic mass is 32.1. The maximum Gasteiger partial charge on any atom is 0.275 e. The molecule has 1 N–H and O–H groups in total. The molecule has 26 heavy (non-hydrogen) atoms. The SMILES string of the molecule is CCOc1ccc(C(C)Nc2nn3c(=O)cc(C)nc3s2)cc1OCC. The lowest BCUT2D eigenvalue weighted by molar-refractivity contribution is 0.287. The van der Waals surface area contributed by atoms with Gasteiger partial charge in [-0.05, 0) is 45.4 Å². The van der Waals surface area contributed by atoms with Crippen molar-refractivity contribution < 1.29 is 9.47 Å². The third kappa shape index (κ3) is 3.80. The highest BCUT2D eigenvalue weighted by molar-refractivity contribution is 7.20. The summed E-state index contributed by atoms with van der Waals surface area (Å²) < 4.78 is 12.6. The van der Waals surface area contributed by atoms with E-state index in [9.17, 15) is 4.79 Å². The molecule has 0 spiro atoms. The Morgan fingerprint density at radius 2 is 1.92 bits per heavy atom. The lowest BCUT2D eigenvalue weighted by Crippen LogP contribution is -2.15. The third-order valence-corrected chi connectivity index (χ3v) is 4.62. The topological polar surface area (TPSA) is 77.8 Å². The second kappa shape index (κ2) is 7.74. The Bertz CT molecular complexity index is 967. The standard InChI is InChI=1S/C18H22N4O3S/c1-5-24-14-8-7-13(10-15(14)25-6-2)12(4)20-17-21-22-16(23)9-11(3)19-18(22)26-17/h7-10,12H,5-6H2,1-4H3,(H,20,21). The zero-order chi connectivity index (χ0) is 18.7. The molecule has 1 atom stereocenters. The van der Waals surface area contributed by atoms with Crippen molar-refractivity contribution in [3.05, 3.63) is 45.9 Å². The number of benzene rings is 1. The van der Waals surface area contributed by atoms with Crippen molar-refractivity contribution >= 4 is 21.4 Å². The van der Waals surface area contributed by atoms with E-state index >= 15 is 0 Å². The number of nitrogens with one attached hydrogen (secondary N) is 1. The summed E-state index contributed by atoms with van der Waals surface area (Å²) in [6.45, 7) is 8.86. The molecule has 0 bridgehead atoms. The van der Waals surface area contributed by atoms with Gasteiger partial charge in [0.05, 0.1) is 19.3 Å². The van der Waals surface area contributed by atoms with Crippen LogP contribution in [0, 0.1) is 6.92 Å². The van der Waals surface area contributed by atoms with Crippen LogP contribution in [0.1, 0.15) is 38.1 Å². The molecule has 0 saturated carbocycles. The van der Waals surface area contributed by atoms with Gasteiger partial charge in [0, 0.05) is 11.8 Å². The van der Waals surface area contributed by atoms with Crippen LogP contribution in [0.15, 0.2) is 29.1 Å². The van der Waals surface area contributed by atoms with Gasteiger partial charge in [-0.2, -0.15) is 4.52 Å². The first kappa shape index (κ1) is 18.2. The molecule has 0 amide bonds. The smallest absolute Gasteiger partial charge is 0.275 e. The quantitative estimate of drug-likeness (QED) is 0.683. The van der Waals surface area contributed by atoms with Crippen molar-refractivity contribution in [1.82, 2.24) is 14.6 Å². The van der Waals surface area contributed by atoms with E-state index in [4.69, 9.17) is 9.47 Å². The Kier molecular flexibility index (Phi) is 5.41. The highest BCUT2D eigenvalue weighted by Gasteiger charge is 2.14. The number of rotatable bonds is 7. The van der Waals surface area contributed by atoms with E-state index in [0.717, 1.165) is 17.1 Å². The van der Waals surface area contributed by atoms with E-state index in [1.165, 1.54) is 21.9 Å².